The van der Waals surface area contributed by atoms with E-state index in [4.69, 9.17) is 0 Å². The summed E-state index contributed by atoms with van der Waals surface area (Å²) in [6.45, 7) is 0. The number of hydrogen-bond acceptors (Lipinski definition) is 3. The third-order valence-electron chi connectivity index (χ3n) is 4.63. The summed E-state index contributed by atoms with van der Waals surface area (Å²) >= 11 is 0. The molecule has 0 saturated carbocycles. The van der Waals surface area contributed by atoms with Crippen molar-refractivity contribution in [2.45, 2.75) is 0 Å². The minimum Gasteiger partial charge on any atom is -0.480 e. The summed E-state index contributed by atoms with van der Waals surface area (Å²) in [6.07, 6.45) is 0. The predicted octanol–water partition coefficient (Wildman–Crippen LogP) is 3.60. The first-order chi connectivity index (χ1) is 13.5. The molecule has 3 N–H and O–H groups in total. The number of hydrogen-bond donors (Lipinski definition) is 3. The zero-order valence-corrected chi connectivity index (χ0v) is 16.1. The van der Waals surface area contributed by atoms with Gasteiger partial charge in [-0.1, -0.05) is 36.4 Å². The lowest BCUT2D eigenvalue weighted by Gasteiger charge is -2.10. The highest BCUT2D eigenvalue weighted by Gasteiger charge is 2.16. The molecule has 4 aromatic rings. The van der Waals surface area contributed by atoms with Gasteiger partial charge in [0, 0.05) is 29.5 Å². The normalized spacial score (nSPS) is 11.0. The van der Waals surface area contributed by atoms with E-state index < -0.39 is 5.82 Å². The number of benzene rings is 3. The van der Waals surface area contributed by atoms with Crippen molar-refractivity contribution in [1.29, 1.82) is 0 Å². The van der Waals surface area contributed by atoms with Gasteiger partial charge in [-0.05, 0) is 28.8 Å². The van der Waals surface area contributed by atoms with E-state index in [-0.39, 0.29) is 11.9 Å². The molecule has 1 heterocycles. The van der Waals surface area contributed by atoms with E-state index in [1.165, 1.54) is 6.07 Å². The first kappa shape index (κ1) is 18.1. The smallest absolute Gasteiger partial charge is 0.292 e. The summed E-state index contributed by atoms with van der Waals surface area (Å²) in [5, 5.41) is 12.7. The van der Waals surface area contributed by atoms with E-state index in [0.717, 1.165) is 11.1 Å². The Morgan fingerprint density at radius 2 is 1.64 bits per heavy atom. The van der Waals surface area contributed by atoms with Crippen LogP contribution in [0.5, 0.6) is 6.01 Å². The van der Waals surface area contributed by atoms with E-state index in [2.05, 4.69) is 24.5 Å². The quantitative estimate of drug-likeness (QED) is 0.466. The molecular weight excluding hydrogens is 376 g/mol. The third kappa shape index (κ3) is 3.12. The monoisotopic (exact) mass is 393 g/mol. The molecule has 3 aromatic carbocycles. The van der Waals surface area contributed by atoms with Crippen molar-refractivity contribution >= 4 is 31.5 Å². The van der Waals surface area contributed by atoms with Crippen LogP contribution < -0.4 is 10.6 Å². The van der Waals surface area contributed by atoms with Crippen molar-refractivity contribution < 1.29 is 14.3 Å². The fourth-order valence-corrected chi connectivity index (χ4v) is 3.74. The molecule has 4 rings (SSSR count). The van der Waals surface area contributed by atoms with E-state index in [1.54, 1.807) is 19.2 Å². The number of H-pyrrole nitrogens is 1. The van der Waals surface area contributed by atoms with Crippen molar-refractivity contribution in [3.05, 3.63) is 66.0 Å². The zero-order valence-electron chi connectivity index (χ0n) is 15.0. The maximum atomic E-state index is 14.7. The molecule has 0 aliphatic carbocycles. The molecule has 28 heavy (non-hydrogen) atoms. The molecule has 1 unspecified atom stereocenters. The molecule has 0 radical (unpaired) electrons. The second kappa shape index (κ2) is 7.06. The van der Waals surface area contributed by atoms with Gasteiger partial charge in [0.15, 0.2) is 0 Å². The highest BCUT2D eigenvalue weighted by Crippen LogP contribution is 2.30. The summed E-state index contributed by atoms with van der Waals surface area (Å²) in [4.78, 5) is 18.3. The molecule has 5 nitrogen and oxygen atoms in total. The predicted molar refractivity (Wildman–Crippen MR) is 111 cm³/mol. The molecule has 0 saturated heterocycles. The van der Waals surface area contributed by atoms with Crippen LogP contribution in [0.15, 0.2) is 54.6 Å². The molecule has 7 heteroatoms. The van der Waals surface area contributed by atoms with Gasteiger partial charge < -0.3 is 15.4 Å². The second-order valence-corrected chi connectivity index (χ2v) is 6.91. The van der Waals surface area contributed by atoms with E-state index >= 15 is 0 Å². The van der Waals surface area contributed by atoms with Crippen molar-refractivity contribution in [1.82, 2.24) is 15.3 Å². The van der Waals surface area contributed by atoms with Gasteiger partial charge in [0.1, 0.15) is 11.3 Å². The SMILES string of the molecule is CNC(=O)c1ccc(-c2ccc(-c3c(F)cc4[nH]c(O)nc4c3P)cc2)cc1. The molecular formula is C21H17FN3O2P. The van der Waals surface area contributed by atoms with Gasteiger partial charge in [0.2, 0.25) is 0 Å². The Kier molecular flexibility index (Phi) is 4.57. The fourth-order valence-electron chi connectivity index (χ4n) is 3.21. The average molecular weight is 393 g/mol. The summed E-state index contributed by atoms with van der Waals surface area (Å²) in [6, 6.07) is 15.8. The molecule has 0 aliphatic rings. The number of rotatable bonds is 3. The number of fused-ring (bicyclic) bond motifs is 1. The molecule has 140 valence electrons. The van der Waals surface area contributed by atoms with Gasteiger partial charge in [-0.2, -0.15) is 4.98 Å². The zero-order chi connectivity index (χ0) is 19.8. The lowest BCUT2D eigenvalue weighted by atomic mass is 9.99. The topological polar surface area (TPSA) is 78.0 Å². The van der Waals surface area contributed by atoms with Gasteiger partial charge >= 0.3 is 0 Å². The lowest BCUT2D eigenvalue weighted by molar-refractivity contribution is 0.0963. The molecule has 0 aliphatic heterocycles. The Bertz CT molecular complexity index is 1190. The van der Waals surface area contributed by atoms with E-state index in [0.29, 0.717) is 33.0 Å². The van der Waals surface area contributed by atoms with Crippen LogP contribution in [0, 0.1) is 5.82 Å². The van der Waals surface area contributed by atoms with Gasteiger partial charge in [-0.3, -0.25) is 4.79 Å². The first-order valence-corrected chi connectivity index (χ1v) is 9.15. The number of aromatic nitrogens is 2. The van der Waals surface area contributed by atoms with Crippen LogP contribution in [0.4, 0.5) is 4.39 Å². The maximum absolute atomic E-state index is 14.7. The van der Waals surface area contributed by atoms with Crippen LogP contribution in [0.25, 0.3) is 33.3 Å². The molecule has 1 amide bonds. The molecule has 0 fully saturated rings. The Labute approximate surface area is 162 Å². The summed E-state index contributed by atoms with van der Waals surface area (Å²) in [5.41, 5.74) is 4.58. The molecule has 1 atom stereocenters. The Morgan fingerprint density at radius 1 is 1.07 bits per heavy atom. The number of imidazole rings is 1. The van der Waals surface area contributed by atoms with E-state index in [1.807, 2.05) is 36.4 Å². The molecule has 0 spiro atoms. The Hall–Kier alpha value is -3.24. The van der Waals surface area contributed by atoms with Gasteiger partial charge in [-0.15, -0.1) is 9.24 Å². The van der Waals surface area contributed by atoms with Crippen molar-refractivity contribution in [3.63, 3.8) is 0 Å². The molecule has 0 bridgehead atoms. The molecule has 1 aromatic heterocycles. The minimum atomic E-state index is -0.399. The van der Waals surface area contributed by atoms with Gasteiger partial charge in [-0.25, -0.2) is 4.39 Å². The Morgan fingerprint density at radius 3 is 2.25 bits per heavy atom. The van der Waals surface area contributed by atoms with Gasteiger partial charge in [0.25, 0.3) is 11.9 Å². The number of halogens is 1. The van der Waals surface area contributed by atoms with Crippen LogP contribution >= 0.6 is 9.24 Å². The van der Waals surface area contributed by atoms with Crippen molar-refractivity contribution in [3.8, 4) is 28.3 Å². The second-order valence-electron chi connectivity index (χ2n) is 6.34. The summed E-state index contributed by atoms with van der Waals surface area (Å²) in [7, 11) is 4.10. The summed E-state index contributed by atoms with van der Waals surface area (Å²) in [5.74, 6) is -0.533. The third-order valence-corrected chi connectivity index (χ3v) is 5.20. The van der Waals surface area contributed by atoms with Gasteiger partial charge in [0.05, 0.1) is 5.52 Å². The number of carbonyl (C=O) groups is 1. The number of aromatic amines is 1. The lowest BCUT2D eigenvalue weighted by Crippen LogP contribution is -2.17. The number of nitrogens with zero attached hydrogens (tertiary/aromatic N) is 1. The number of carbonyl (C=O) groups excluding carboxylic acids is 1. The van der Waals surface area contributed by atoms with Crippen LogP contribution in [0.3, 0.4) is 0 Å². The van der Waals surface area contributed by atoms with Crippen LogP contribution in [0.2, 0.25) is 0 Å². The largest absolute Gasteiger partial charge is 0.480 e. The van der Waals surface area contributed by atoms with Crippen molar-refractivity contribution in [2.75, 3.05) is 7.05 Å². The summed E-state index contributed by atoms with van der Waals surface area (Å²) < 4.78 is 14.7. The number of aromatic hydroxyl groups is 1. The Balaban J connectivity index is 1.70. The van der Waals surface area contributed by atoms with Crippen molar-refractivity contribution in [2.24, 2.45) is 0 Å². The number of amides is 1. The average Bonchev–Trinajstić information content (AvgIpc) is 3.08. The number of nitrogens with one attached hydrogen (secondary N) is 2. The highest BCUT2D eigenvalue weighted by atomic mass is 31.0. The maximum Gasteiger partial charge on any atom is 0.292 e. The fraction of sp³-hybridized carbons (Fsp3) is 0.0476. The van der Waals surface area contributed by atoms with Crippen LogP contribution in [-0.4, -0.2) is 28.0 Å². The standard InChI is InChI=1S/C21H17FN3O2P/c1-23-20(26)14-8-4-12(5-9-14)11-2-6-13(7-3-11)17-15(22)10-16-18(19(17)28)25-21(27)24-16/h2-10H,28H2,1H3,(H,23,26)(H2,24,25,27). The van der Waals surface area contributed by atoms with E-state index in [9.17, 15) is 14.3 Å². The van der Waals surface area contributed by atoms with Crippen LogP contribution in [0.1, 0.15) is 10.4 Å². The highest BCUT2D eigenvalue weighted by molar-refractivity contribution is 7.29. The minimum absolute atomic E-state index is 0.134. The van der Waals surface area contributed by atoms with Crippen LogP contribution in [-0.2, 0) is 0 Å². The first-order valence-electron chi connectivity index (χ1n) is 8.57.